The van der Waals surface area contributed by atoms with Gasteiger partial charge in [-0.15, -0.1) is 0 Å². The number of hydrogen-bond donors (Lipinski definition) is 4. The minimum absolute atomic E-state index is 0.0683. The van der Waals surface area contributed by atoms with Crippen molar-refractivity contribution in [1.29, 1.82) is 0 Å². The quantitative estimate of drug-likeness (QED) is 0.0652. The topological polar surface area (TPSA) is 88.4 Å². The lowest BCUT2D eigenvalue weighted by Gasteiger charge is -2.15. The molecule has 1 atom stereocenters. The number of ether oxygens (including phenoxy) is 1. The Morgan fingerprint density at radius 3 is 1.65 bits per heavy atom. The Morgan fingerprint density at radius 1 is 0.647 bits per heavy atom. The third-order valence-corrected chi connectivity index (χ3v) is 6.27. The summed E-state index contributed by atoms with van der Waals surface area (Å²) in [5, 5.41) is 10.2. The summed E-state index contributed by atoms with van der Waals surface area (Å²) in [5.74, 6) is -0.0683. The Labute approximate surface area is 212 Å². The summed E-state index contributed by atoms with van der Waals surface area (Å²) < 4.78 is 5.47. The number of nitrogens with two attached hydrogens (primary N) is 1. The minimum atomic E-state index is -0.200. The van der Waals surface area contributed by atoms with Crippen LogP contribution in [0.15, 0.2) is 0 Å². The van der Waals surface area contributed by atoms with Crippen LogP contribution in [0, 0.1) is 0 Å². The number of carbonyl (C=O) groups excluding carboxylic acids is 1. The molecule has 0 fully saturated rings. The zero-order valence-corrected chi connectivity index (χ0v) is 22.9. The number of unbranched alkanes of at least 4 members (excludes halogenated alkanes) is 13. The van der Waals surface area contributed by atoms with E-state index in [1.165, 1.54) is 83.5 Å². The third kappa shape index (κ3) is 27.6. The number of carbonyl (C=O) groups is 1. The summed E-state index contributed by atoms with van der Waals surface area (Å²) in [4.78, 5) is 12.0. The van der Waals surface area contributed by atoms with Crippen molar-refractivity contribution in [3.8, 4) is 0 Å². The standard InChI is InChI=1S/C28H60N4O2/c1-3-4-5-6-7-8-9-10-11-12-13-14-15-20-28(33)34-27(2)32-26-19-25-31-23-17-16-22-30-24-18-21-29/h27,30-32H,3-26,29H2,1-2H3. The van der Waals surface area contributed by atoms with Crippen molar-refractivity contribution in [2.75, 3.05) is 39.3 Å². The van der Waals surface area contributed by atoms with Gasteiger partial charge in [0, 0.05) is 6.42 Å². The van der Waals surface area contributed by atoms with E-state index in [9.17, 15) is 4.79 Å². The molecule has 0 spiro atoms. The highest BCUT2D eigenvalue weighted by Crippen LogP contribution is 2.13. The van der Waals surface area contributed by atoms with Gasteiger partial charge in [0.15, 0.2) is 6.23 Å². The maximum Gasteiger partial charge on any atom is 0.307 e. The molecule has 0 rings (SSSR count). The van der Waals surface area contributed by atoms with Gasteiger partial charge in [0.05, 0.1) is 0 Å². The van der Waals surface area contributed by atoms with E-state index in [1.807, 2.05) is 6.92 Å². The summed E-state index contributed by atoms with van der Waals surface area (Å²) in [6.07, 6.45) is 22.0. The number of rotatable bonds is 28. The normalized spacial score (nSPS) is 12.2. The molecule has 0 bridgehead atoms. The predicted octanol–water partition coefficient (Wildman–Crippen LogP) is 5.64. The molecule has 0 aromatic rings. The summed E-state index contributed by atoms with van der Waals surface area (Å²) >= 11 is 0. The maximum atomic E-state index is 12.0. The largest absolute Gasteiger partial charge is 0.447 e. The van der Waals surface area contributed by atoms with Gasteiger partial charge >= 0.3 is 5.97 Å². The van der Waals surface area contributed by atoms with E-state index in [0.717, 1.165) is 65.0 Å². The Balaban J connectivity index is 3.28. The molecule has 0 aliphatic carbocycles. The van der Waals surface area contributed by atoms with E-state index in [0.29, 0.717) is 6.42 Å². The molecule has 204 valence electrons. The lowest BCUT2D eigenvalue weighted by molar-refractivity contribution is -0.149. The zero-order valence-electron chi connectivity index (χ0n) is 22.9. The van der Waals surface area contributed by atoms with Crippen molar-refractivity contribution in [3.05, 3.63) is 0 Å². The second kappa shape index (κ2) is 28.5. The first kappa shape index (κ1) is 33.3. The van der Waals surface area contributed by atoms with Gasteiger partial charge in [-0.2, -0.15) is 0 Å². The summed E-state index contributed by atoms with van der Waals surface area (Å²) in [5.41, 5.74) is 5.47. The molecule has 6 nitrogen and oxygen atoms in total. The van der Waals surface area contributed by atoms with Gasteiger partial charge in [0.25, 0.3) is 0 Å². The first-order chi connectivity index (χ1) is 16.7. The van der Waals surface area contributed by atoms with Gasteiger partial charge in [-0.25, -0.2) is 0 Å². The van der Waals surface area contributed by atoms with E-state index >= 15 is 0 Å². The van der Waals surface area contributed by atoms with Crippen LogP contribution in [0.5, 0.6) is 0 Å². The van der Waals surface area contributed by atoms with Gasteiger partial charge in [-0.3, -0.25) is 10.1 Å². The van der Waals surface area contributed by atoms with Crippen molar-refractivity contribution >= 4 is 5.97 Å². The van der Waals surface area contributed by atoms with E-state index in [1.54, 1.807) is 0 Å². The lowest BCUT2D eigenvalue weighted by atomic mass is 10.0. The Hall–Kier alpha value is -0.690. The lowest BCUT2D eigenvalue weighted by Crippen LogP contribution is -2.33. The molecule has 0 saturated carbocycles. The molecule has 34 heavy (non-hydrogen) atoms. The fourth-order valence-electron chi connectivity index (χ4n) is 4.08. The van der Waals surface area contributed by atoms with Crippen molar-refractivity contribution in [3.63, 3.8) is 0 Å². The van der Waals surface area contributed by atoms with Gasteiger partial charge in [0.1, 0.15) is 0 Å². The van der Waals surface area contributed by atoms with Crippen molar-refractivity contribution < 1.29 is 9.53 Å². The molecule has 0 saturated heterocycles. The van der Waals surface area contributed by atoms with Crippen LogP contribution >= 0.6 is 0 Å². The highest BCUT2D eigenvalue weighted by atomic mass is 16.6. The highest BCUT2D eigenvalue weighted by molar-refractivity contribution is 5.69. The molecule has 0 amide bonds. The Kier molecular flexibility index (Phi) is 28.0. The maximum absolute atomic E-state index is 12.0. The van der Waals surface area contributed by atoms with Gasteiger partial charge in [-0.1, -0.05) is 84.0 Å². The van der Waals surface area contributed by atoms with Gasteiger partial charge in [-0.05, 0) is 78.3 Å². The predicted molar refractivity (Wildman–Crippen MR) is 147 cm³/mol. The van der Waals surface area contributed by atoms with Crippen molar-refractivity contribution in [2.24, 2.45) is 5.73 Å². The van der Waals surface area contributed by atoms with Crippen molar-refractivity contribution in [1.82, 2.24) is 16.0 Å². The van der Waals surface area contributed by atoms with Crippen molar-refractivity contribution in [2.45, 2.75) is 136 Å². The van der Waals surface area contributed by atoms with Crippen LogP contribution in [0.4, 0.5) is 0 Å². The summed E-state index contributed by atoms with van der Waals surface area (Å²) in [7, 11) is 0. The molecular formula is C28H60N4O2. The van der Waals surface area contributed by atoms with E-state index in [-0.39, 0.29) is 12.2 Å². The minimum Gasteiger partial charge on any atom is -0.447 e. The van der Waals surface area contributed by atoms with Gasteiger partial charge in [0.2, 0.25) is 0 Å². The smallest absolute Gasteiger partial charge is 0.307 e. The van der Waals surface area contributed by atoms with E-state index in [2.05, 4.69) is 22.9 Å². The van der Waals surface area contributed by atoms with Crippen LogP contribution in [0.3, 0.4) is 0 Å². The molecule has 0 aromatic carbocycles. The second-order valence-electron chi connectivity index (χ2n) is 9.78. The molecule has 0 radical (unpaired) electrons. The van der Waals surface area contributed by atoms with Crippen LogP contribution < -0.4 is 21.7 Å². The van der Waals surface area contributed by atoms with Crippen LogP contribution in [-0.4, -0.2) is 51.5 Å². The average molecular weight is 485 g/mol. The average Bonchev–Trinajstić information content (AvgIpc) is 2.82. The molecule has 1 unspecified atom stereocenters. The van der Waals surface area contributed by atoms with E-state index in [4.69, 9.17) is 10.5 Å². The molecule has 0 aliphatic heterocycles. The Bertz CT molecular complexity index is 410. The fourth-order valence-corrected chi connectivity index (χ4v) is 4.08. The highest BCUT2D eigenvalue weighted by Gasteiger charge is 2.08. The third-order valence-electron chi connectivity index (χ3n) is 6.27. The molecular weight excluding hydrogens is 424 g/mol. The molecule has 0 aliphatic rings. The van der Waals surface area contributed by atoms with Crippen LogP contribution in [0.1, 0.15) is 129 Å². The summed E-state index contributed by atoms with van der Waals surface area (Å²) in [6, 6.07) is 0. The van der Waals surface area contributed by atoms with Crippen LogP contribution in [0.25, 0.3) is 0 Å². The zero-order chi connectivity index (χ0) is 25.0. The molecule has 0 aromatic heterocycles. The SMILES string of the molecule is CCCCCCCCCCCCCCCC(=O)OC(C)NCCCNCCCCNCCCN. The van der Waals surface area contributed by atoms with Crippen LogP contribution in [0.2, 0.25) is 0 Å². The first-order valence-electron chi connectivity index (χ1n) is 14.7. The molecule has 6 heteroatoms. The second-order valence-corrected chi connectivity index (χ2v) is 9.78. The first-order valence-corrected chi connectivity index (χ1v) is 14.7. The summed E-state index contributed by atoms with van der Waals surface area (Å²) in [6.45, 7) is 9.97. The fraction of sp³-hybridized carbons (Fsp3) is 0.964. The number of hydrogen-bond acceptors (Lipinski definition) is 6. The molecule has 0 heterocycles. The van der Waals surface area contributed by atoms with Crippen LogP contribution in [-0.2, 0) is 9.53 Å². The Morgan fingerprint density at radius 2 is 1.12 bits per heavy atom. The monoisotopic (exact) mass is 484 g/mol. The van der Waals surface area contributed by atoms with Gasteiger partial charge < -0.3 is 21.1 Å². The van der Waals surface area contributed by atoms with E-state index < -0.39 is 0 Å². The molecule has 5 N–H and O–H groups in total. The number of esters is 1. The number of nitrogens with one attached hydrogen (secondary N) is 3.